The van der Waals surface area contributed by atoms with Crippen molar-refractivity contribution in [1.29, 1.82) is 0 Å². The minimum atomic E-state index is -0.300. The van der Waals surface area contributed by atoms with Crippen LogP contribution in [0.3, 0.4) is 0 Å². The standard InChI is InChI=1S/C20H19ClN4O3/c1-13-18(11-22-25(13)17-8-3-5-14(21)9-17)20(27)24-16-7-4-6-15(10-16)23-19(26)12-28-2/h3-11H,12H2,1-2H3,(H,23,26)(H,24,27). The van der Waals surface area contributed by atoms with Crippen molar-refractivity contribution in [1.82, 2.24) is 9.78 Å². The molecule has 1 heterocycles. The van der Waals surface area contributed by atoms with E-state index in [1.807, 2.05) is 19.1 Å². The Labute approximate surface area is 167 Å². The van der Waals surface area contributed by atoms with Gasteiger partial charge >= 0.3 is 0 Å². The summed E-state index contributed by atoms with van der Waals surface area (Å²) in [6.07, 6.45) is 1.51. The molecule has 0 spiro atoms. The van der Waals surface area contributed by atoms with Crippen molar-refractivity contribution in [2.24, 2.45) is 0 Å². The maximum absolute atomic E-state index is 12.7. The molecule has 1 aromatic heterocycles. The molecule has 0 aliphatic heterocycles. The summed E-state index contributed by atoms with van der Waals surface area (Å²) in [4.78, 5) is 24.3. The third-order valence-corrected chi connectivity index (χ3v) is 4.22. The highest BCUT2D eigenvalue weighted by atomic mass is 35.5. The van der Waals surface area contributed by atoms with Crippen molar-refractivity contribution in [3.63, 3.8) is 0 Å². The Kier molecular flexibility index (Phi) is 6.08. The second-order valence-corrected chi connectivity index (χ2v) is 6.49. The van der Waals surface area contributed by atoms with Crippen LogP contribution in [-0.4, -0.2) is 35.3 Å². The van der Waals surface area contributed by atoms with Crippen molar-refractivity contribution in [3.05, 3.63) is 71.0 Å². The van der Waals surface area contributed by atoms with E-state index in [0.717, 1.165) is 5.69 Å². The van der Waals surface area contributed by atoms with Crippen molar-refractivity contribution in [3.8, 4) is 5.69 Å². The van der Waals surface area contributed by atoms with E-state index in [1.165, 1.54) is 13.3 Å². The normalized spacial score (nSPS) is 10.5. The highest BCUT2D eigenvalue weighted by Crippen LogP contribution is 2.20. The van der Waals surface area contributed by atoms with Gasteiger partial charge in [-0.25, -0.2) is 4.68 Å². The Morgan fingerprint density at radius 3 is 2.54 bits per heavy atom. The number of ether oxygens (including phenoxy) is 1. The molecule has 2 amide bonds. The Hall–Kier alpha value is -3.16. The van der Waals surface area contributed by atoms with Crippen LogP contribution in [0.15, 0.2) is 54.7 Å². The number of halogens is 1. The van der Waals surface area contributed by atoms with E-state index in [1.54, 1.807) is 41.1 Å². The molecule has 144 valence electrons. The summed E-state index contributed by atoms with van der Waals surface area (Å²) in [6, 6.07) is 14.1. The first-order valence-electron chi connectivity index (χ1n) is 8.48. The Balaban J connectivity index is 1.76. The van der Waals surface area contributed by atoms with Crippen LogP contribution < -0.4 is 10.6 Å². The molecule has 0 saturated heterocycles. The molecule has 3 aromatic rings. The van der Waals surface area contributed by atoms with E-state index in [4.69, 9.17) is 16.3 Å². The van der Waals surface area contributed by atoms with Gasteiger partial charge in [0.25, 0.3) is 5.91 Å². The van der Waals surface area contributed by atoms with Crippen molar-refractivity contribution in [2.75, 3.05) is 24.4 Å². The van der Waals surface area contributed by atoms with Crippen LogP contribution in [0.1, 0.15) is 16.1 Å². The number of benzene rings is 2. The molecule has 0 aliphatic rings. The third kappa shape index (κ3) is 4.57. The first-order valence-corrected chi connectivity index (χ1v) is 8.86. The van der Waals surface area contributed by atoms with Crippen LogP contribution in [0, 0.1) is 6.92 Å². The predicted molar refractivity (Wildman–Crippen MR) is 108 cm³/mol. The number of methoxy groups -OCH3 is 1. The maximum Gasteiger partial charge on any atom is 0.259 e. The number of hydrogen-bond donors (Lipinski definition) is 2. The summed E-state index contributed by atoms with van der Waals surface area (Å²) < 4.78 is 6.44. The molecule has 2 aromatic carbocycles. The van der Waals surface area contributed by atoms with Crippen LogP contribution in [0.4, 0.5) is 11.4 Å². The quantitative estimate of drug-likeness (QED) is 0.663. The van der Waals surface area contributed by atoms with Crippen molar-refractivity contribution in [2.45, 2.75) is 6.92 Å². The van der Waals surface area contributed by atoms with Crippen molar-refractivity contribution < 1.29 is 14.3 Å². The fourth-order valence-electron chi connectivity index (χ4n) is 2.70. The molecule has 7 nitrogen and oxygen atoms in total. The molecule has 2 N–H and O–H groups in total. The Morgan fingerprint density at radius 1 is 1.11 bits per heavy atom. The third-order valence-electron chi connectivity index (χ3n) is 3.99. The van der Waals surface area contributed by atoms with Gasteiger partial charge in [0, 0.05) is 23.5 Å². The van der Waals surface area contributed by atoms with Gasteiger partial charge in [0.05, 0.1) is 23.1 Å². The highest BCUT2D eigenvalue weighted by molar-refractivity contribution is 6.30. The zero-order valence-corrected chi connectivity index (χ0v) is 16.2. The molecule has 0 radical (unpaired) electrons. The lowest BCUT2D eigenvalue weighted by molar-refractivity contribution is -0.119. The average molecular weight is 399 g/mol. The lowest BCUT2D eigenvalue weighted by Gasteiger charge is -2.09. The summed E-state index contributed by atoms with van der Waals surface area (Å²) in [5.74, 6) is -0.573. The SMILES string of the molecule is COCC(=O)Nc1cccc(NC(=O)c2cnn(-c3cccc(Cl)c3)c2C)c1. The summed E-state index contributed by atoms with van der Waals surface area (Å²) in [7, 11) is 1.45. The van der Waals surface area contributed by atoms with E-state index in [0.29, 0.717) is 27.7 Å². The Morgan fingerprint density at radius 2 is 1.82 bits per heavy atom. The van der Waals surface area contributed by atoms with Crippen molar-refractivity contribution >= 4 is 34.8 Å². The van der Waals surface area contributed by atoms with Gasteiger partial charge in [0.1, 0.15) is 6.61 Å². The van der Waals surface area contributed by atoms with Crippen LogP contribution in [0.2, 0.25) is 5.02 Å². The van der Waals surface area contributed by atoms with E-state index < -0.39 is 0 Å². The van der Waals surface area contributed by atoms with Crippen LogP contribution >= 0.6 is 11.6 Å². The first-order chi connectivity index (χ1) is 13.5. The molecular weight excluding hydrogens is 380 g/mol. The Bertz CT molecular complexity index is 1020. The van der Waals surface area contributed by atoms with Gasteiger partial charge in [-0.15, -0.1) is 0 Å². The van der Waals surface area contributed by atoms with Gasteiger partial charge in [-0.2, -0.15) is 5.10 Å². The first kappa shape index (κ1) is 19.6. The summed E-state index contributed by atoms with van der Waals surface area (Å²) >= 11 is 6.04. The number of carbonyl (C=O) groups is 2. The van der Waals surface area contributed by atoms with Gasteiger partial charge in [-0.05, 0) is 43.3 Å². The summed E-state index contributed by atoms with van der Waals surface area (Å²) in [6.45, 7) is 1.77. The number of nitrogens with one attached hydrogen (secondary N) is 2. The average Bonchev–Trinajstić information content (AvgIpc) is 3.04. The predicted octanol–water partition coefficient (Wildman–Crippen LogP) is 3.67. The summed E-state index contributed by atoms with van der Waals surface area (Å²) in [5.41, 5.74) is 3.01. The molecule has 28 heavy (non-hydrogen) atoms. The lowest BCUT2D eigenvalue weighted by Crippen LogP contribution is -2.17. The molecule has 3 rings (SSSR count). The number of rotatable bonds is 6. The molecule has 0 saturated carbocycles. The fraction of sp³-hybridized carbons (Fsp3) is 0.150. The topological polar surface area (TPSA) is 85.2 Å². The molecule has 8 heteroatoms. The van der Waals surface area contributed by atoms with E-state index >= 15 is 0 Å². The van der Waals surface area contributed by atoms with Gasteiger partial charge in [0.2, 0.25) is 5.91 Å². The fourth-order valence-corrected chi connectivity index (χ4v) is 2.89. The minimum absolute atomic E-state index is 0.0432. The lowest BCUT2D eigenvalue weighted by atomic mass is 10.2. The van der Waals surface area contributed by atoms with E-state index in [2.05, 4.69) is 15.7 Å². The molecule has 0 aliphatic carbocycles. The van der Waals surface area contributed by atoms with Crippen LogP contribution in [0.25, 0.3) is 5.69 Å². The monoisotopic (exact) mass is 398 g/mol. The van der Waals surface area contributed by atoms with Gasteiger partial charge in [0.15, 0.2) is 0 Å². The molecule has 0 bridgehead atoms. The number of anilines is 2. The van der Waals surface area contributed by atoms with Gasteiger partial charge < -0.3 is 15.4 Å². The van der Waals surface area contributed by atoms with Crippen LogP contribution in [0.5, 0.6) is 0 Å². The van der Waals surface area contributed by atoms with E-state index in [-0.39, 0.29) is 18.4 Å². The number of nitrogens with zero attached hydrogens (tertiary/aromatic N) is 2. The number of aromatic nitrogens is 2. The number of amides is 2. The minimum Gasteiger partial charge on any atom is -0.375 e. The molecule has 0 unspecified atom stereocenters. The zero-order valence-electron chi connectivity index (χ0n) is 15.4. The summed E-state index contributed by atoms with van der Waals surface area (Å²) in [5, 5.41) is 10.4. The zero-order chi connectivity index (χ0) is 20.1. The highest BCUT2D eigenvalue weighted by Gasteiger charge is 2.16. The smallest absolute Gasteiger partial charge is 0.259 e. The van der Waals surface area contributed by atoms with E-state index in [9.17, 15) is 9.59 Å². The number of hydrogen-bond acceptors (Lipinski definition) is 4. The molecule has 0 atom stereocenters. The second kappa shape index (κ2) is 8.69. The van der Waals surface area contributed by atoms with Gasteiger partial charge in [-0.1, -0.05) is 23.7 Å². The largest absolute Gasteiger partial charge is 0.375 e. The molecular formula is C20H19ClN4O3. The van der Waals surface area contributed by atoms with Crippen LogP contribution in [-0.2, 0) is 9.53 Å². The molecule has 0 fully saturated rings. The number of carbonyl (C=O) groups excluding carboxylic acids is 2. The van der Waals surface area contributed by atoms with Gasteiger partial charge in [-0.3, -0.25) is 9.59 Å². The maximum atomic E-state index is 12.7. The second-order valence-electron chi connectivity index (χ2n) is 6.05.